The molecule has 2 aromatic rings. The van der Waals surface area contributed by atoms with E-state index >= 15 is 0 Å². The molecule has 1 heterocycles. The van der Waals surface area contributed by atoms with Gasteiger partial charge in [0.2, 0.25) is 0 Å². The summed E-state index contributed by atoms with van der Waals surface area (Å²) in [6.45, 7) is 3.63. The van der Waals surface area contributed by atoms with Crippen molar-refractivity contribution in [2.75, 3.05) is 0 Å². The average Bonchev–Trinajstić information content (AvgIpc) is 2.65. The maximum Gasteiger partial charge on any atom is 0.329 e. The normalized spacial score (nSPS) is 10.4. The van der Waals surface area contributed by atoms with Crippen molar-refractivity contribution in [3.63, 3.8) is 0 Å². The summed E-state index contributed by atoms with van der Waals surface area (Å²) in [7, 11) is 0. The summed E-state index contributed by atoms with van der Waals surface area (Å²) < 4.78 is 1.48. The lowest BCUT2D eigenvalue weighted by atomic mass is 10.1. The van der Waals surface area contributed by atoms with E-state index in [2.05, 4.69) is 11.8 Å². The van der Waals surface area contributed by atoms with Crippen LogP contribution in [0.4, 0.5) is 0 Å². The van der Waals surface area contributed by atoms with Crippen LogP contribution in [0.15, 0.2) is 41.2 Å². The lowest BCUT2D eigenvalue weighted by Crippen LogP contribution is -2.34. The number of unbranched alkanes of at least 4 members (excludes halogenated alkanes) is 3. The van der Waals surface area contributed by atoms with Crippen LogP contribution in [0, 0.1) is 0 Å². The first-order valence-electron chi connectivity index (χ1n) is 8.95. The molecule has 0 aliphatic carbocycles. The third-order valence-corrected chi connectivity index (χ3v) is 4.10. The quantitative estimate of drug-likeness (QED) is 0.575. The second-order valence-corrected chi connectivity index (χ2v) is 6.20. The Morgan fingerprint density at radius 3 is 2.48 bits per heavy atom. The SMILES string of the molecule is CCCCCCn1c(-c2ccccc2)cc(O)c(C(=O)NOC(C)=O)c1=O. The molecule has 0 saturated heterocycles. The number of hydroxylamine groups is 1. The Balaban J connectivity index is 2.47. The number of pyridine rings is 1. The zero-order chi connectivity index (χ0) is 19.8. The first-order valence-corrected chi connectivity index (χ1v) is 8.95. The third kappa shape index (κ3) is 5.20. The highest BCUT2D eigenvalue weighted by Crippen LogP contribution is 2.24. The van der Waals surface area contributed by atoms with E-state index in [1.807, 2.05) is 35.8 Å². The molecule has 0 saturated carbocycles. The molecular formula is C20H24N2O5. The maximum absolute atomic E-state index is 12.9. The van der Waals surface area contributed by atoms with Gasteiger partial charge in [-0.05, 0) is 12.0 Å². The van der Waals surface area contributed by atoms with E-state index in [4.69, 9.17) is 0 Å². The van der Waals surface area contributed by atoms with Crippen LogP contribution in [-0.2, 0) is 16.2 Å². The van der Waals surface area contributed by atoms with Crippen molar-refractivity contribution in [1.29, 1.82) is 0 Å². The first-order chi connectivity index (χ1) is 13.0. The van der Waals surface area contributed by atoms with Gasteiger partial charge in [-0.25, -0.2) is 0 Å². The molecule has 0 atom stereocenters. The van der Waals surface area contributed by atoms with Crippen molar-refractivity contribution >= 4 is 11.9 Å². The van der Waals surface area contributed by atoms with Crippen molar-refractivity contribution in [2.24, 2.45) is 0 Å². The average molecular weight is 372 g/mol. The molecule has 7 nitrogen and oxygen atoms in total. The number of nitrogens with zero attached hydrogens (tertiary/aromatic N) is 1. The number of nitrogens with one attached hydrogen (secondary N) is 1. The van der Waals surface area contributed by atoms with Crippen molar-refractivity contribution in [2.45, 2.75) is 46.1 Å². The zero-order valence-corrected chi connectivity index (χ0v) is 15.5. The van der Waals surface area contributed by atoms with Crippen LogP contribution in [0.25, 0.3) is 11.3 Å². The summed E-state index contributed by atoms with van der Waals surface area (Å²) in [5.41, 5.74) is 2.08. The van der Waals surface area contributed by atoms with Gasteiger partial charge < -0.3 is 14.5 Å². The Kier molecular flexibility index (Phi) is 7.16. The van der Waals surface area contributed by atoms with Crippen molar-refractivity contribution in [3.05, 3.63) is 52.3 Å². The van der Waals surface area contributed by atoms with E-state index in [-0.39, 0.29) is 0 Å². The monoisotopic (exact) mass is 372 g/mol. The molecular weight excluding hydrogens is 348 g/mol. The first kappa shape index (κ1) is 20.2. The molecule has 0 fully saturated rings. The molecule has 0 unspecified atom stereocenters. The van der Waals surface area contributed by atoms with Crippen LogP contribution in [0.3, 0.4) is 0 Å². The zero-order valence-electron chi connectivity index (χ0n) is 15.5. The summed E-state index contributed by atoms with van der Waals surface area (Å²) in [5.74, 6) is -2.16. The van der Waals surface area contributed by atoms with E-state index in [9.17, 15) is 19.5 Å². The fraction of sp³-hybridized carbons (Fsp3) is 0.350. The fourth-order valence-corrected chi connectivity index (χ4v) is 2.78. The summed E-state index contributed by atoms with van der Waals surface area (Å²) in [5, 5.41) is 10.3. The number of aromatic hydroxyl groups is 1. The highest BCUT2D eigenvalue weighted by Gasteiger charge is 2.22. The van der Waals surface area contributed by atoms with E-state index in [1.165, 1.54) is 10.6 Å². The Morgan fingerprint density at radius 1 is 1.15 bits per heavy atom. The number of benzene rings is 1. The molecule has 1 amide bonds. The van der Waals surface area contributed by atoms with Gasteiger partial charge in [-0.15, -0.1) is 0 Å². The summed E-state index contributed by atoms with van der Waals surface area (Å²) in [4.78, 5) is 40.5. The van der Waals surface area contributed by atoms with Gasteiger partial charge >= 0.3 is 5.97 Å². The van der Waals surface area contributed by atoms with Gasteiger partial charge in [-0.2, -0.15) is 5.48 Å². The molecule has 2 rings (SSSR count). The van der Waals surface area contributed by atoms with Gasteiger partial charge in [-0.3, -0.25) is 14.4 Å². The highest BCUT2D eigenvalue weighted by atomic mass is 16.7. The summed E-state index contributed by atoms with van der Waals surface area (Å²) in [6, 6.07) is 10.6. The molecule has 27 heavy (non-hydrogen) atoms. The molecule has 0 radical (unpaired) electrons. The Hall–Kier alpha value is -3.09. The number of hydrogen-bond donors (Lipinski definition) is 2. The molecule has 1 aromatic heterocycles. The van der Waals surface area contributed by atoms with E-state index in [1.54, 1.807) is 0 Å². The molecule has 2 N–H and O–H groups in total. The number of carbonyl (C=O) groups is 2. The number of amides is 1. The molecule has 7 heteroatoms. The largest absolute Gasteiger partial charge is 0.507 e. The van der Waals surface area contributed by atoms with Crippen molar-refractivity contribution < 1.29 is 19.5 Å². The number of hydrogen-bond acceptors (Lipinski definition) is 5. The van der Waals surface area contributed by atoms with Gasteiger partial charge in [0, 0.05) is 19.5 Å². The van der Waals surface area contributed by atoms with Gasteiger partial charge in [-0.1, -0.05) is 56.5 Å². The molecule has 144 valence electrons. The minimum atomic E-state index is -0.963. The predicted molar refractivity (Wildman–Crippen MR) is 101 cm³/mol. The van der Waals surface area contributed by atoms with Crippen LogP contribution in [0.2, 0.25) is 0 Å². The minimum absolute atomic E-state index is 0.414. The lowest BCUT2D eigenvalue weighted by molar-refractivity contribution is -0.146. The van der Waals surface area contributed by atoms with E-state index in [0.29, 0.717) is 12.2 Å². The summed E-state index contributed by atoms with van der Waals surface area (Å²) in [6.07, 6.45) is 3.83. The van der Waals surface area contributed by atoms with Gasteiger partial charge in [0.05, 0.1) is 5.69 Å². The molecule has 0 spiro atoms. The van der Waals surface area contributed by atoms with Crippen LogP contribution >= 0.6 is 0 Å². The molecule has 1 aromatic carbocycles. The minimum Gasteiger partial charge on any atom is -0.507 e. The van der Waals surface area contributed by atoms with E-state index in [0.717, 1.165) is 38.2 Å². The van der Waals surface area contributed by atoms with Crippen LogP contribution in [0.5, 0.6) is 5.75 Å². The van der Waals surface area contributed by atoms with Gasteiger partial charge in [0.25, 0.3) is 11.5 Å². The summed E-state index contributed by atoms with van der Waals surface area (Å²) >= 11 is 0. The lowest BCUT2D eigenvalue weighted by Gasteiger charge is -2.16. The standard InChI is InChI=1S/C20H24N2O5/c1-3-4-5-9-12-22-16(15-10-7-6-8-11-15)13-17(24)18(20(22)26)19(25)21-27-14(2)23/h6-8,10-11,13,24H,3-5,9,12H2,1-2H3,(H,21,25). The van der Waals surface area contributed by atoms with Crippen LogP contribution in [-0.4, -0.2) is 21.6 Å². The second kappa shape index (κ2) is 9.56. The Labute approximate surface area is 157 Å². The number of aromatic nitrogens is 1. The van der Waals surface area contributed by atoms with Crippen LogP contribution in [0.1, 0.15) is 49.9 Å². The maximum atomic E-state index is 12.9. The molecule has 0 aliphatic heterocycles. The number of rotatable bonds is 7. The van der Waals surface area contributed by atoms with Gasteiger partial charge in [0.15, 0.2) is 0 Å². The topological polar surface area (TPSA) is 97.6 Å². The van der Waals surface area contributed by atoms with E-state index < -0.39 is 28.7 Å². The Bertz CT molecular complexity index is 859. The van der Waals surface area contributed by atoms with Crippen molar-refractivity contribution in [3.8, 4) is 17.0 Å². The Morgan fingerprint density at radius 2 is 1.85 bits per heavy atom. The highest BCUT2D eigenvalue weighted by molar-refractivity contribution is 5.96. The predicted octanol–water partition coefficient (Wildman–Crippen LogP) is 3.01. The van der Waals surface area contributed by atoms with Crippen LogP contribution < -0.4 is 11.0 Å². The molecule has 0 bridgehead atoms. The number of carbonyl (C=O) groups excluding carboxylic acids is 2. The smallest absolute Gasteiger partial charge is 0.329 e. The fourth-order valence-electron chi connectivity index (χ4n) is 2.78. The second-order valence-electron chi connectivity index (χ2n) is 6.20. The third-order valence-electron chi connectivity index (χ3n) is 4.10. The van der Waals surface area contributed by atoms with Crippen molar-refractivity contribution in [1.82, 2.24) is 10.0 Å². The van der Waals surface area contributed by atoms with Gasteiger partial charge in [0.1, 0.15) is 11.3 Å². The molecule has 0 aliphatic rings.